The van der Waals surface area contributed by atoms with Crippen molar-refractivity contribution in [2.75, 3.05) is 26.7 Å². The van der Waals surface area contributed by atoms with Crippen LogP contribution in [0.5, 0.6) is 11.5 Å². The smallest absolute Gasteiger partial charge is 0.161 e. The molecule has 1 aliphatic heterocycles. The molecule has 0 fully saturated rings. The lowest BCUT2D eigenvalue weighted by Gasteiger charge is -2.38. The Kier molecular flexibility index (Phi) is 4.58. The van der Waals surface area contributed by atoms with Crippen molar-refractivity contribution in [1.82, 2.24) is 0 Å². The van der Waals surface area contributed by atoms with Gasteiger partial charge in [0.25, 0.3) is 0 Å². The number of hydrogen-bond donors (Lipinski definition) is 0. The zero-order valence-electron chi connectivity index (χ0n) is 11.8. The van der Waals surface area contributed by atoms with Crippen LogP contribution in [-0.4, -0.2) is 26.7 Å². The lowest BCUT2D eigenvalue weighted by atomic mass is 9.82. The Hall–Kier alpha value is -0.930. The first kappa shape index (κ1) is 14.5. The fraction of sp³-hybridized carbons (Fsp3) is 0.600. The Morgan fingerprint density at radius 1 is 1.26 bits per heavy atom. The third-order valence-electron chi connectivity index (χ3n) is 3.92. The zero-order valence-corrected chi connectivity index (χ0v) is 12.5. The van der Waals surface area contributed by atoms with Crippen molar-refractivity contribution in [3.05, 3.63) is 23.3 Å². The number of benzene rings is 1. The van der Waals surface area contributed by atoms with E-state index in [4.69, 9.17) is 25.8 Å². The van der Waals surface area contributed by atoms with Crippen LogP contribution < -0.4 is 9.47 Å². The number of alkyl halides is 1. The molecular weight excluding hydrogens is 264 g/mol. The van der Waals surface area contributed by atoms with E-state index >= 15 is 0 Å². The molecule has 3 nitrogen and oxygen atoms in total. The Morgan fingerprint density at radius 3 is 2.53 bits per heavy atom. The van der Waals surface area contributed by atoms with Gasteiger partial charge in [0.05, 0.1) is 26.4 Å². The van der Waals surface area contributed by atoms with E-state index in [-0.39, 0.29) is 5.60 Å². The van der Waals surface area contributed by atoms with E-state index in [1.54, 1.807) is 14.2 Å². The molecule has 0 saturated heterocycles. The van der Waals surface area contributed by atoms with Crippen LogP contribution in [0.25, 0.3) is 0 Å². The van der Waals surface area contributed by atoms with Gasteiger partial charge >= 0.3 is 0 Å². The highest BCUT2D eigenvalue weighted by Gasteiger charge is 2.36. The van der Waals surface area contributed by atoms with Gasteiger partial charge in [-0.05, 0) is 42.5 Å². The van der Waals surface area contributed by atoms with Gasteiger partial charge in [-0.15, -0.1) is 11.6 Å². The van der Waals surface area contributed by atoms with Crippen molar-refractivity contribution < 1.29 is 14.2 Å². The molecule has 0 amide bonds. The Morgan fingerprint density at radius 2 is 1.95 bits per heavy atom. The molecule has 1 unspecified atom stereocenters. The second-order valence-electron chi connectivity index (χ2n) is 4.75. The first-order valence-corrected chi connectivity index (χ1v) is 7.19. The quantitative estimate of drug-likeness (QED) is 0.775. The summed E-state index contributed by atoms with van der Waals surface area (Å²) in [6.45, 7) is 2.87. The van der Waals surface area contributed by atoms with Crippen molar-refractivity contribution in [2.24, 2.45) is 0 Å². The largest absolute Gasteiger partial charge is 0.493 e. The molecule has 1 aromatic carbocycles. The van der Waals surface area contributed by atoms with E-state index in [2.05, 4.69) is 13.0 Å². The van der Waals surface area contributed by atoms with Gasteiger partial charge in [0.15, 0.2) is 11.5 Å². The molecule has 1 aliphatic rings. The minimum absolute atomic E-state index is 0.283. The summed E-state index contributed by atoms with van der Waals surface area (Å²) >= 11 is 5.97. The van der Waals surface area contributed by atoms with E-state index in [0.717, 1.165) is 37.4 Å². The molecule has 0 spiro atoms. The van der Waals surface area contributed by atoms with Crippen LogP contribution in [0.4, 0.5) is 0 Å². The molecule has 4 heteroatoms. The number of rotatable bonds is 5. The SMILES string of the molecule is CCC1(CCCl)OCCc2cc(OC)c(OC)cc21. The standard InChI is InChI=1S/C15H21ClO3/c1-4-15(6-7-16)12-10-14(18-3)13(17-2)9-11(12)5-8-19-15/h9-10H,4-8H2,1-3H3. The molecule has 106 valence electrons. The summed E-state index contributed by atoms with van der Waals surface area (Å²) in [7, 11) is 3.32. The normalized spacial score (nSPS) is 21.9. The lowest BCUT2D eigenvalue weighted by molar-refractivity contribution is -0.0657. The van der Waals surface area contributed by atoms with Gasteiger partial charge < -0.3 is 14.2 Å². The molecule has 0 aromatic heterocycles. The molecule has 0 N–H and O–H groups in total. The van der Waals surface area contributed by atoms with Gasteiger partial charge in [0.2, 0.25) is 0 Å². The van der Waals surface area contributed by atoms with Gasteiger partial charge in [-0.2, -0.15) is 0 Å². The topological polar surface area (TPSA) is 27.7 Å². The molecule has 0 aliphatic carbocycles. The summed E-state index contributed by atoms with van der Waals surface area (Å²) in [6.07, 6.45) is 2.62. The van der Waals surface area contributed by atoms with Gasteiger partial charge in [-0.3, -0.25) is 0 Å². The number of methoxy groups -OCH3 is 2. The second kappa shape index (κ2) is 6.02. The van der Waals surface area contributed by atoms with Crippen molar-refractivity contribution in [2.45, 2.75) is 31.8 Å². The summed E-state index contributed by atoms with van der Waals surface area (Å²) in [5.41, 5.74) is 2.19. The van der Waals surface area contributed by atoms with Crippen LogP contribution >= 0.6 is 11.6 Å². The first-order valence-electron chi connectivity index (χ1n) is 6.66. The molecule has 0 saturated carbocycles. The third-order valence-corrected chi connectivity index (χ3v) is 4.11. The molecule has 1 heterocycles. The third kappa shape index (κ3) is 2.54. The summed E-state index contributed by atoms with van der Waals surface area (Å²) in [5, 5.41) is 0. The van der Waals surface area contributed by atoms with Crippen LogP contribution in [0.1, 0.15) is 30.9 Å². The molecule has 1 atom stereocenters. The predicted octanol–water partition coefficient (Wildman–Crippen LogP) is 3.51. The molecular formula is C15H21ClO3. The maximum absolute atomic E-state index is 6.07. The van der Waals surface area contributed by atoms with E-state index in [9.17, 15) is 0 Å². The van der Waals surface area contributed by atoms with Crippen molar-refractivity contribution in [1.29, 1.82) is 0 Å². The van der Waals surface area contributed by atoms with Crippen LogP contribution in [0.15, 0.2) is 12.1 Å². The van der Waals surface area contributed by atoms with Crippen LogP contribution in [0.2, 0.25) is 0 Å². The number of fused-ring (bicyclic) bond motifs is 1. The Labute approximate surface area is 119 Å². The minimum Gasteiger partial charge on any atom is -0.493 e. The Balaban J connectivity index is 2.53. The number of ether oxygens (including phenoxy) is 3. The van der Waals surface area contributed by atoms with E-state index < -0.39 is 0 Å². The second-order valence-corrected chi connectivity index (χ2v) is 5.13. The molecule has 2 rings (SSSR count). The predicted molar refractivity (Wildman–Crippen MR) is 76.5 cm³/mol. The van der Waals surface area contributed by atoms with E-state index in [1.807, 2.05) is 6.07 Å². The molecule has 19 heavy (non-hydrogen) atoms. The summed E-state index contributed by atoms with van der Waals surface area (Å²) < 4.78 is 16.9. The van der Waals surface area contributed by atoms with Crippen molar-refractivity contribution in [3.63, 3.8) is 0 Å². The maximum atomic E-state index is 6.07. The molecule has 1 aromatic rings. The van der Waals surface area contributed by atoms with Crippen LogP contribution in [0.3, 0.4) is 0 Å². The fourth-order valence-corrected chi connectivity index (χ4v) is 3.12. The number of halogens is 1. The van der Waals surface area contributed by atoms with Crippen molar-refractivity contribution >= 4 is 11.6 Å². The van der Waals surface area contributed by atoms with Crippen molar-refractivity contribution in [3.8, 4) is 11.5 Å². The van der Waals surface area contributed by atoms with Crippen LogP contribution in [0, 0.1) is 0 Å². The monoisotopic (exact) mass is 284 g/mol. The maximum Gasteiger partial charge on any atom is 0.161 e. The Bertz CT molecular complexity index is 447. The average Bonchev–Trinajstić information content (AvgIpc) is 2.46. The van der Waals surface area contributed by atoms with E-state index in [0.29, 0.717) is 5.88 Å². The zero-order chi connectivity index (χ0) is 13.9. The molecule has 0 radical (unpaired) electrons. The number of hydrogen-bond acceptors (Lipinski definition) is 3. The summed E-state index contributed by atoms with van der Waals surface area (Å²) in [5.74, 6) is 2.11. The highest BCUT2D eigenvalue weighted by atomic mass is 35.5. The van der Waals surface area contributed by atoms with Gasteiger partial charge in [0.1, 0.15) is 0 Å². The average molecular weight is 285 g/mol. The van der Waals surface area contributed by atoms with Gasteiger partial charge in [-0.1, -0.05) is 6.92 Å². The fourth-order valence-electron chi connectivity index (χ4n) is 2.81. The highest BCUT2D eigenvalue weighted by Crippen LogP contribution is 2.43. The van der Waals surface area contributed by atoms with Gasteiger partial charge in [-0.25, -0.2) is 0 Å². The highest BCUT2D eigenvalue weighted by molar-refractivity contribution is 6.17. The van der Waals surface area contributed by atoms with E-state index in [1.165, 1.54) is 11.1 Å². The van der Waals surface area contributed by atoms with Gasteiger partial charge in [0, 0.05) is 5.88 Å². The summed E-state index contributed by atoms with van der Waals surface area (Å²) in [4.78, 5) is 0. The van der Waals surface area contributed by atoms with Crippen LogP contribution in [-0.2, 0) is 16.8 Å². The minimum atomic E-state index is -0.283. The molecule has 0 bridgehead atoms. The summed E-state index contributed by atoms with van der Waals surface area (Å²) in [6, 6.07) is 4.11. The first-order chi connectivity index (χ1) is 9.20. The lowest BCUT2D eigenvalue weighted by Crippen LogP contribution is -2.35.